The Morgan fingerprint density at radius 1 is 1.32 bits per heavy atom. The summed E-state index contributed by atoms with van der Waals surface area (Å²) in [6.07, 6.45) is 6.67. The highest BCUT2D eigenvalue weighted by atomic mass is 15.1. The Morgan fingerprint density at radius 2 is 2.16 bits per heavy atom. The van der Waals surface area contributed by atoms with Crippen LogP contribution in [0.25, 0.3) is 0 Å². The molecule has 2 aromatic heterocycles. The lowest BCUT2D eigenvalue weighted by molar-refractivity contribution is 0.624. The zero-order chi connectivity index (χ0) is 13.2. The average Bonchev–Trinajstić information content (AvgIpc) is 2.76. The molecule has 0 fully saturated rings. The summed E-state index contributed by atoms with van der Waals surface area (Å²) in [6.45, 7) is 2.96. The largest absolute Gasteiger partial charge is 0.373 e. The van der Waals surface area contributed by atoms with Crippen molar-refractivity contribution in [2.45, 2.75) is 39.2 Å². The number of nitrogens with one attached hydrogen (secondary N) is 1. The van der Waals surface area contributed by atoms with Crippen LogP contribution in [0.4, 0.5) is 5.82 Å². The fraction of sp³-hybridized carbons (Fsp3) is 0.467. The molecule has 0 unspecified atom stereocenters. The second kappa shape index (κ2) is 5.03. The summed E-state index contributed by atoms with van der Waals surface area (Å²) in [5.74, 6) is 2.08. The number of hydrogen-bond donors (Lipinski definition) is 1. The lowest BCUT2D eigenvalue weighted by Crippen LogP contribution is -2.11. The fourth-order valence-electron chi connectivity index (χ4n) is 2.91. The smallest absolute Gasteiger partial charge is 0.130 e. The minimum atomic E-state index is 0.859. The molecule has 1 aliphatic carbocycles. The molecule has 4 nitrogen and oxygen atoms in total. The summed E-state index contributed by atoms with van der Waals surface area (Å²) in [6, 6.07) is 4.13. The van der Waals surface area contributed by atoms with Crippen molar-refractivity contribution in [3.05, 3.63) is 41.1 Å². The molecule has 2 heterocycles. The minimum Gasteiger partial charge on any atom is -0.373 e. The topological polar surface area (TPSA) is 42.7 Å². The summed E-state index contributed by atoms with van der Waals surface area (Å²) in [4.78, 5) is 9.10. The normalized spacial score (nSPS) is 14.2. The van der Waals surface area contributed by atoms with Crippen LogP contribution in [0.15, 0.2) is 18.3 Å². The van der Waals surface area contributed by atoms with E-state index in [2.05, 4.69) is 27.9 Å². The molecule has 4 heteroatoms. The highest BCUT2D eigenvalue weighted by Crippen LogP contribution is 2.24. The number of pyridine rings is 1. The van der Waals surface area contributed by atoms with Crippen LogP contribution >= 0.6 is 0 Å². The minimum absolute atomic E-state index is 0.859. The standard InChI is InChI=1S/C15H20N4/c1-11-18-13-7-3-4-8-14(13)19(11)10-12-6-5-9-17-15(12)16-2/h5-6,9H,3-4,7-8,10H2,1-2H3,(H,16,17). The third kappa shape index (κ3) is 2.23. The molecular formula is C15H20N4. The summed E-state index contributed by atoms with van der Waals surface area (Å²) in [7, 11) is 1.92. The van der Waals surface area contributed by atoms with Gasteiger partial charge in [-0.15, -0.1) is 0 Å². The number of nitrogens with zero attached hydrogens (tertiary/aromatic N) is 3. The predicted molar refractivity (Wildman–Crippen MR) is 76.5 cm³/mol. The van der Waals surface area contributed by atoms with Gasteiger partial charge in [-0.1, -0.05) is 6.07 Å². The van der Waals surface area contributed by atoms with Crippen molar-refractivity contribution in [1.82, 2.24) is 14.5 Å². The number of aromatic nitrogens is 3. The van der Waals surface area contributed by atoms with Gasteiger partial charge in [0, 0.05) is 24.5 Å². The van der Waals surface area contributed by atoms with Gasteiger partial charge in [-0.05, 0) is 38.7 Å². The predicted octanol–water partition coefficient (Wildman–Crippen LogP) is 2.56. The van der Waals surface area contributed by atoms with E-state index in [0.717, 1.165) is 31.0 Å². The summed E-state index contributed by atoms with van der Waals surface area (Å²) in [5.41, 5.74) is 3.95. The highest BCUT2D eigenvalue weighted by molar-refractivity contribution is 5.43. The second-order valence-electron chi connectivity index (χ2n) is 5.11. The van der Waals surface area contributed by atoms with E-state index in [0.29, 0.717) is 0 Å². The average molecular weight is 256 g/mol. The van der Waals surface area contributed by atoms with Crippen molar-refractivity contribution in [1.29, 1.82) is 0 Å². The summed E-state index contributed by atoms with van der Waals surface area (Å²) in [5, 5.41) is 3.16. The molecule has 0 saturated heterocycles. The van der Waals surface area contributed by atoms with E-state index in [4.69, 9.17) is 4.98 Å². The van der Waals surface area contributed by atoms with Crippen molar-refractivity contribution in [3.8, 4) is 0 Å². The molecule has 0 amide bonds. The monoisotopic (exact) mass is 256 g/mol. The number of hydrogen-bond acceptors (Lipinski definition) is 3. The quantitative estimate of drug-likeness (QED) is 0.917. The van der Waals surface area contributed by atoms with Gasteiger partial charge in [0.25, 0.3) is 0 Å². The lowest BCUT2D eigenvalue weighted by Gasteiger charge is -2.16. The van der Waals surface area contributed by atoms with E-state index < -0.39 is 0 Å². The van der Waals surface area contributed by atoms with Crippen LogP contribution < -0.4 is 5.32 Å². The molecule has 0 radical (unpaired) electrons. The fourth-order valence-corrected chi connectivity index (χ4v) is 2.91. The van der Waals surface area contributed by atoms with Crippen molar-refractivity contribution in [2.24, 2.45) is 0 Å². The second-order valence-corrected chi connectivity index (χ2v) is 5.11. The van der Waals surface area contributed by atoms with Crippen LogP contribution in [-0.4, -0.2) is 21.6 Å². The highest BCUT2D eigenvalue weighted by Gasteiger charge is 2.18. The summed E-state index contributed by atoms with van der Waals surface area (Å²) < 4.78 is 2.35. The first-order valence-corrected chi connectivity index (χ1v) is 6.96. The SMILES string of the molecule is CNc1ncccc1Cn1c(C)nc2c1CCCC2. The van der Waals surface area contributed by atoms with E-state index in [1.165, 1.54) is 29.8 Å². The Balaban J connectivity index is 1.97. The van der Waals surface area contributed by atoms with E-state index in [-0.39, 0.29) is 0 Å². The van der Waals surface area contributed by atoms with E-state index in [1.807, 2.05) is 19.3 Å². The Morgan fingerprint density at radius 3 is 3.00 bits per heavy atom. The van der Waals surface area contributed by atoms with Crippen LogP contribution in [0, 0.1) is 6.92 Å². The molecular weight excluding hydrogens is 236 g/mol. The number of fused-ring (bicyclic) bond motifs is 1. The molecule has 19 heavy (non-hydrogen) atoms. The van der Waals surface area contributed by atoms with Crippen LogP contribution in [0.2, 0.25) is 0 Å². The van der Waals surface area contributed by atoms with Crippen LogP contribution in [0.3, 0.4) is 0 Å². The van der Waals surface area contributed by atoms with Crippen LogP contribution in [-0.2, 0) is 19.4 Å². The molecule has 0 spiro atoms. The van der Waals surface area contributed by atoms with Gasteiger partial charge in [0.05, 0.1) is 12.2 Å². The molecule has 0 saturated carbocycles. The molecule has 3 rings (SSSR count). The van der Waals surface area contributed by atoms with E-state index in [9.17, 15) is 0 Å². The third-order valence-electron chi connectivity index (χ3n) is 3.88. The third-order valence-corrected chi connectivity index (χ3v) is 3.88. The molecule has 0 aromatic carbocycles. The maximum atomic E-state index is 4.72. The van der Waals surface area contributed by atoms with Gasteiger partial charge in [-0.25, -0.2) is 9.97 Å². The molecule has 1 N–H and O–H groups in total. The van der Waals surface area contributed by atoms with Gasteiger partial charge in [-0.2, -0.15) is 0 Å². The first-order chi connectivity index (χ1) is 9.29. The molecule has 100 valence electrons. The van der Waals surface area contributed by atoms with E-state index >= 15 is 0 Å². The number of rotatable bonds is 3. The van der Waals surface area contributed by atoms with Crippen molar-refractivity contribution in [3.63, 3.8) is 0 Å². The molecule has 1 aliphatic rings. The summed E-state index contributed by atoms with van der Waals surface area (Å²) >= 11 is 0. The Bertz CT molecular complexity index is 586. The van der Waals surface area contributed by atoms with Gasteiger partial charge >= 0.3 is 0 Å². The molecule has 0 bridgehead atoms. The Labute approximate surface area is 113 Å². The first-order valence-electron chi connectivity index (χ1n) is 6.96. The van der Waals surface area contributed by atoms with Gasteiger partial charge in [0.15, 0.2) is 0 Å². The number of aryl methyl sites for hydroxylation is 2. The maximum Gasteiger partial charge on any atom is 0.130 e. The molecule has 0 atom stereocenters. The van der Waals surface area contributed by atoms with Gasteiger partial charge in [-0.3, -0.25) is 0 Å². The van der Waals surface area contributed by atoms with E-state index in [1.54, 1.807) is 0 Å². The van der Waals surface area contributed by atoms with Gasteiger partial charge < -0.3 is 9.88 Å². The zero-order valence-electron chi connectivity index (χ0n) is 11.6. The first kappa shape index (κ1) is 12.2. The number of imidazole rings is 1. The van der Waals surface area contributed by atoms with Gasteiger partial charge in [0.2, 0.25) is 0 Å². The van der Waals surface area contributed by atoms with Crippen molar-refractivity contribution in [2.75, 3.05) is 12.4 Å². The molecule has 2 aromatic rings. The van der Waals surface area contributed by atoms with Gasteiger partial charge in [0.1, 0.15) is 11.6 Å². The van der Waals surface area contributed by atoms with Crippen LogP contribution in [0.5, 0.6) is 0 Å². The Kier molecular flexibility index (Phi) is 3.23. The van der Waals surface area contributed by atoms with Crippen molar-refractivity contribution < 1.29 is 0 Å². The van der Waals surface area contributed by atoms with Crippen LogP contribution in [0.1, 0.15) is 35.6 Å². The number of anilines is 1. The molecule has 0 aliphatic heterocycles. The lowest BCUT2D eigenvalue weighted by atomic mass is 10.0. The van der Waals surface area contributed by atoms with Crippen molar-refractivity contribution >= 4 is 5.82 Å². The maximum absolute atomic E-state index is 4.72. The zero-order valence-corrected chi connectivity index (χ0v) is 11.6. The Hall–Kier alpha value is -1.84.